The molecule has 4 rings (SSSR count). The topological polar surface area (TPSA) is 80.3 Å². The lowest BCUT2D eigenvalue weighted by Gasteiger charge is -2.32. The van der Waals surface area contributed by atoms with Crippen molar-refractivity contribution in [2.24, 2.45) is 0 Å². The summed E-state index contributed by atoms with van der Waals surface area (Å²) in [5.41, 5.74) is 3.42. The molecule has 1 aliphatic rings. The van der Waals surface area contributed by atoms with Crippen molar-refractivity contribution >= 4 is 23.2 Å². The Morgan fingerprint density at radius 1 is 0.944 bits per heavy atom. The molecule has 7 heteroatoms. The molecule has 2 atom stereocenters. The summed E-state index contributed by atoms with van der Waals surface area (Å²) in [4.78, 5) is 30.4. The van der Waals surface area contributed by atoms with Crippen LogP contribution in [0.4, 0.5) is 0 Å². The van der Waals surface area contributed by atoms with Crippen molar-refractivity contribution in [3.8, 4) is 5.75 Å². The Kier molecular flexibility index (Phi) is 8.09. The van der Waals surface area contributed by atoms with Crippen LogP contribution >= 0.6 is 11.3 Å². The van der Waals surface area contributed by atoms with Gasteiger partial charge in [-0.3, -0.25) is 9.59 Å². The smallest absolute Gasteiger partial charge is 0.271 e. The fourth-order valence-corrected chi connectivity index (χ4v) is 5.04. The van der Waals surface area contributed by atoms with Crippen molar-refractivity contribution in [1.82, 2.24) is 15.6 Å². The van der Waals surface area contributed by atoms with Crippen molar-refractivity contribution in [3.63, 3.8) is 0 Å². The van der Waals surface area contributed by atoms with Crippen molar-refractivity contribution in [1.29, 1.82) is 0 Å². The second-order valence-electron chi connectivity index (χ2n) is 10.5. The number of ether oxygens (including phenoxy) is 1. The van der Waals surface area contributed by atoms with Crippen molar-refractivity contribution in [2.75, 3.05) is 0 Å². The molecule has 0 unspecified atom stereocenters. The largest absolute Gasteiger partial charge is 0.486 e. The van der Waals surface area contributed by atoms with Crippen LogP contribution in [0, 0.1) is 6.92 Å². The predicted molar refractivity (Wildman–Crippen MR) is 144 cm³/mol. The SMILES string of the molecule is Cc1ccc(OCc2nc(C(=O)N[C@@H]3CCCC[C@H]3NC(=O)c3ccc(C(C)(C)C)cc3)cs2)cc1. The van der Waals surface area contributed by atoms with E-state index in [9.17, 15) is 9.59 Å². The Labute approximate surface area is 217 Å². The van der Waals surface area contributed by atoms with Gasteiger partial charge in [0, 0.05) is 23.0 Å². The zero-order valence-electron chi connectivity index (χ0n) is 21.5. The highest BCUT2D eigenvalue weighted by molar-refractivity contribution is 7.09. The molecule has 36 heavy (non-hydrogen) atoms. The number of benzene rings is 2. The second kappa shape index (κ2) is 11.2. The molecule has 0 saturated heterocycles. The molecule has 2 N–H and O–H groups in total. The summed E-state index contributed by atoms with van der Waals surface area (Å²) >= 11 is 1.41. The van der Waals surface area contributed by atoms with E-state index in [-0.39, 0.29) is 29.3 Å². The lowest BCUT2D eigenvalue weighted by atomic mass is 9.86. The molecule has 6 nitrogen and oxygen atoms in total. The number of hydrogen-bond acceptors (Lipinski definition) is 5. The predicted octanol–water partition coefficient (Wildman–Crippen LogP) is 5.80. The Hall–Kier alpha value is -3.19. The van der Waals surface area contributed by atoms with E-state index in [1.807, 2.05) is 55.5 Å². The minimum absolute atomic E-state index is 0.0378. The van der Waals surface area contributed by atoms with Crippen LogP contribution in [0.5, 0.6) is 5.75 Å². The lowest BCUT2D eigenvalue weighted by molar-refractivity contribution is 0.0860. The number of rotatable bonds is 7. The molecule has 2 aromatic carbocycles. The van der Waals surface area contributed by atoms with E-state index < -0.39 is 0 Å². The van der Waals surface area contributed by atoms with Crippen LogP contribution < -0.4 is 15.4 Å². The summed E-state index contributed by atoms with van der Waals surface area (Å²) < 4.78 is 5.79. The highest BCUT2D eigenvalue weighted by Gasteiger charge is 2.29. The molecule has 1 aliphatic carbocycles. The monoisotopic (exact) mass is 505 g/mol. The number of nitrogens with zero attached hydrogens (tertiary/aromatic N) is 1. The quantitative estimate of drug-likeness (QED) is 0.425. The van der Waals surface area contributed by atoms with E-state index in [2.05, 4.69) is 36.4 Å². The first kappa shape index (κ1) is 25.9. The van der Waals surface area contributed by atoms with Gasteiger partial charge in [-0.25, -0.2) is 4.98 Å². The molecule has 0 bridgehead atoms. The van der Waals surface area contributed by atoms with Crippen LogP contribution in [0.3, 0.4) is 0 Å². The van der Waals surface area contributed by atoms with Crippen LogP contribution in [0.25, 0.3) is 0 Å². The minimum atomic E-state index is -0.214. The lowest BCUT2D eigenvalue weighted by Crippen LogP contribution is -2.53. The Bertz CT molecular complexity index is 1180. The number of amides is 2. The first-order valence-corrected chi connectivity index (χ1v) is 13.4. The molecule has 1 fully saturated rings. The highest BCUT2D eigenvalue weighted by Crippen LogP contribution is 2.23. The molecule has 1 aromatic heterocycles. The third kappa shape index (κ3) is 6.72. The molecule has 1 saturated carbocycles. The van der Waals surface area contributed by atoms with Crippen molar-refractivity contribution < 1.29 is 14.3 Å². The third-order valence-corrected chi connectivity index (χ3v) is 7.40. The van der Waals surface area contributed by atoms with E-state index in [0.717, 1.165) is 36.4 Å². The van der Waals surface area contributed by atoms with E-state index >= 15 is 0 Å². The maximum absolute atomic E-state index is 13.0. The maximum atomic E-state index is 13.0. The maximum Gasteiger partial charge on any atom is 0.271 e. The third-order valence-electron chi connectivity index (χ3n) is 6.58. The van der Waals surface area contributed by atoms with E-state index in [0.29, 0.717) is 17.9 Å². The zero-order valence-corrected chi connectivity index (χ0v) is 22.3. The van der Waals surface area contributed by atoms with Gasteiger partial charge < -0.3 is 15.4 Å². The summed E-state index contributed by atoms with van der Waals surface area (Å²) in [7, 11) is 0. The van der Waals surface area contributed by atoms with Gasteiger partial charge in [0.1, 0.15) is 23.1 Å². The normalized spacial score (nSPS) is 17.9. The van der Waals surface area contributed by atoms with Gasteiger partial charge >= 0.3 is 0 Å². The summed E-state index contributed by atoms with van der Waals surface area (Å²) in [5, 5.41) is 8.77. The standard InChI is InChI=1S/C29H35N3O3S/c1-19-9-15-22(16-10-19)35-17-26-30-25(18-36-26)28(34)32-24-8-6-5-7-23(24)31-27(33)20-11-13-21(14-12-20)29(2,3)4/h9-16,18,23-24H,5-8,17H2,1-4H3,(H,31,33)(H,32,34)/t23-,24-/m1/s1. The van der Waals surface area contributed by atoms with Gasteiger partial charge in [-0.15, -0.1) is 11.3 Å². The molecule has 0 aliphatic heterocycles. The van der Waals surface area contributed by atoms with Crippen LogP contribution in [0.15, 0.2) is 53.9 Å². The van der Waals surface area contributed by atoms with Crippen LogP contribution in [-0.2, 0) is 12.0 Å². The van der Waals surface area contributed by atoms with Crippen LogP contribution in [0.1, 0.15) is 83.4 Å². The Morgan fingerprint density at radius 3 is 2.17 bits per heavy atom. The Morgan fingerprint density at radius 2 is 1.56 bits per heavy atom. The molecule has 0 spiro atoms. The molecule has 2 amide bonds. The first-order valence-electron chi connectivity index (χ1n) is 12.6. The molecule has 0 radical (unpaired) electrons. The fraction of sp³-hybridized carbons (Fsp3) is 0.414. The summed E-state index contributed by atoms with van der Waals surface area (Å²) in [6.45, 7) is 8.80. The molecule has 1 heterocycles. The number of carbonyl (C=O) groups is 2. The van der Waals surface area contributed by atoms with Gasteiger partial charge in [-0.05, 0) is 55.0 Å². The summed E-state index contributed by atoms with van der Waals surface area (Å²) in [6, 6.07) is 15.4. The zero-order chi connectivity index (χ0) is 25.7. The molecule has 3 aromatic rings. The molecule has 190 valence electrons. The highest BCUT2D eigenvalue weighted by atomic mass is 32.1. The molecular formula is C29H35N3O3S. The van der Waals surface area contributed by atoms with Gasteiger partial charge in [0.15, 0.2) is 0 Å². The second-order valence-corrected chi connectivity index (χ2v) is 11.4. The van der Waals surface area contributed by atoms with Gasteiger partial charge in [0.05, 0.1) is 0 Å². The van der Waals surface area contributed by atoms with E-state index in [4.69, 9.17) is 4.74 Å². The summed E-state index contributed by atoms with van der Waals surface area (Å²) in [6.07, 6.45) is 3.71. The minimum Gasteiger partial charge on any atom is -0.486 e. The van der Waals surface area contributed by atoms with Crippen LogP contribution in [0.2, 0.25) is 0 Å². The van der Waals surface area contributed by atoms with Crippen LogP contribution in [-0.4, -0.2) is 28.9 Å². The number of aromatic nitrogens is 1. The Balaban J connectivity index is 1.33. The number of carbonyl (C=O) groups excluding carboxylic acids is 2. The number of thiazole rings is 1. The number of nitrogens with one attached hydrogen (secondary N) is 2. The van der Waals surface area contributed by atoms with Gasteiger partial charge in [-0.1, -0.05) is 63.4 Å². The van der Waals surface area contributed by atoms with E-state index in [1.165, 1.54) is 22.5 Å². The first-order chi connectivity index (χ1) is 17.2. The average molecular weight is 506 g/mol. The summed E-state index contributed by atoms with van der Waals surface area (Å²) in [5.74, 6) is 0.454. The van der Waals surface area contributed by atoms with E-state index in [1.54, 1.807) is 5.38 Å². The van der Waals surface area contributed by atoms with Crippen molar-refractivity contribution in [2.45, 2.75) is 77.5 Å². The number of aryl methyl sites for hydroxylation is 1. The number of hydrogen-bond donors (Lipinski definition) is 2. The average Bonchev–Trinajstić information content (AvgIpc) is 3.34. The van der Waals surface area contributed by atoms with Crippen molar-refractivity contribution in [3.05, 3.63) is 81.3 Å². The van der Waals surface area contributed by atoms with Gasteiger partial charge in [-0.2, -0.15) is 0 Å². The molecular weight excluding hydrogens is 470 g/mol. The fourth-order valence-electron chi connectivity index (χ4n) is 4.35. The van der Waals surface area contributed by atoms with Gasteiger partial charge in [0.2, 0.25) is 0 Å². The van der Waals surface area contributed by atoms with Gasteiger partial charge in [0.25, 0.3) is 11.8 Å².